The zero-order valence-electron chi connectivity index (χ0n) is 19.5. The Morgan fingerprint density at radius 3 is 2.29 bits per heavy atom. The van der Waals surface area contributed by atoms with Crippen molar-refractivity contribution in [2.75, 3.05) is 52.5 Å². The van der Waals surface area contributed by atoms with Gasteiger partial charge in [0.25, 0.3) is 0 Å². The number of amides is 2. The number of esters is 1. The molecule has 0 radical (unpaired) electrons. The summed E-state index contributed by atoms with van der Waals surface area (Å²) >= 11 is 0. The lowest BCUT2D eigenvalue weighted by Crippen LogP contribution is -2.52. The van der Waals surface area contributed by atoms with Crippen LogP contribution in [0, 0.1) is 0 Å². The number of carbonyl (C=O) groups excluding carboxylic acids is 2. The first-order chi connectivity index (χ1) is 16.6. The normalized spacial score (nSPS) is 19.3. The second kappa shape index (κ2) is 11.7. The molecule has 2 aliphatic rings. The van der Waals surface area contributed by atoms with Gasteiger partial charge in [0.05, 0.1) is 18.2 Å². The van der Waals surface area contributed by atoms with Gasteiger partial charge in [-0.1, -0.05) is 48.5 Å². The van der Waals surface area contributed by atoms with Crippen LogP contribution in [0.1, 0.15) is 18.5 Å². The number of para-hydroxylation sites is 1. The molecule has 0 spiro atoms. The minimum atomic E-state index is -0.541. The first-order valence-electron chi connectivity index (χ1n) is 11.8. The Balaban J connectivity index is 1.39. The summed E-state index contributed by atoms with van der Waals surface area (Å²) in [5.41, 5.74) is 1.92. The number of benzene rings is 2. The zero-order valence-corrected chi connectivity index (χ0v) is 19.5. The van der Waals surface area contributed by atoms with Crippen molar-refractivity contribution in [2.45, 2.75) is 13.0 Å². The molecule has 4 rings (SSSR count). The van der Waals surface area contributed by atoms with Gasteiger partial charge in [-0.25, -0.2) is 9.59 Å². The van der Waals surface area contributed by atoms with E-state index in [0.717, 1.165) is 44.0 Å². The molecule has 180 valence electrons. The van der Waals surface area contributed by atoms with E-state index in [1.807, 2.05) is 60.7 Å². The van der Waals surface area contributed by atoms with Gasteiger partial charge in [0, 0.05) is 45.0 Å². The molecule has 0 aromatic heterocycles. The first-order valence-corrected chi connectivity index (χ1v) is 11.8. The van der Waals surface area contributed by atoms with Gasteiger partial charge < -0.3 is 20.1 Å². The number of piperazine rings is 1. The van der Waals surface area contributed by atoms with E-state index in [4.69, 9.17) is 9.47 Å². The van der Waals surface area contributed by atoms with Crippen LogP contribution in [0.15, 0.2) is 71.9 Å². The largest absolute Gasteiger partial charge is 0.492 e. The molecule has 1 fully saturated rings. The van der Waals surface area contributed by atoms with E-state index in [9.17, 15) is 9.59 Å². The topological polar surface area (TPSA) is 83.1 Å². The molecule has 2 aromatic carbocycles. The van der Waals surface area contributed by atoms with Crippen LogP contribution >= 0.6 is 0 Å². The molecule has 1 atom stereocenters. The van der Waals surface area contributed by atoms with Crippen molar-refractivity contribution < 1.29 is 19.1 Å². The van der Waals surface area contributed by atoms with Gasteiger partial charge in [0.1, 0.15) is 12.4 Å². The summed E-state index contributed by atoms with van der Waals surface area (Å²) in [6.07, 6.45) is 0. The highest BCUT2D eigenvalue weighted by molar-refractivity contribution is 5.95. The van der Waals surface area contributed by atoms with Crippen LogP contribution < -0.4 is 15.4 Å². The Morgan fingerprint density at radius 1 is 0.971 bits per heavy atom. The highest BCUT2D eigenvalue weighted by atomic mass is 16.5. The smallest absolute Gasteiger partial charge is 0.338 e. The van der Waals surface area contributed by atoms with E-state index in [1.165, 1.54) is 0 Å². The highest BCUT2D eigenvalue weighted by Gasteiger charge is 2.34. The molecule has 2 N–H and O–H groups in total. The highest BCUT2D eigenvalue weighted by Crippen LogP contribution is 2.28. The Hall–Kier alpha value is -3.36. The number of hydrogen-bond donors (Lipinski definition) is 2. The first kappa shape index (κ1) is 23.8. The van der Waals surface area contributed by atoms with E-state index < -0.39 is 12.0 Å². The van der Waals surface area contributed by atoms with Crippen molar-refractivity contribution >= 4 is 12.0 Å². The summed E-state index contributed by atoms with van der Waals surface area (Å²) in [5, 5.41) is 5.75. The molecule has 8 heteroatoms. The lowest BCUT2D eigenvalue weighted by atomic mass is 9.95. The maximum absolute atomic E-state index is 12.9. The lowest BCUT2D eigenvalue weighted by molar-refractivity contribution is -0.139. The molecular weight excluding hydrogens is 432 g/mol. The Morgan fingerprint density at radius 2 is 1.62 bits per heavy atom. The van der Waals surface area contributed by atoms with Crippen molar-refractivity contribution in [2.24, 2.45) is 0 Å². The summed E-state index contributed by atoms with van der Waals surface area (Å²) in [6.45, 7) is 7.51. The van der Waals surface area contributed by atoms with E-state index in [2.05, 4.69) is 20.4 Å². The van der Waals surface area contributed by atoms with Crippen molar-refractivity contribution in [3.63, 3.8) is 0 Å². The third kappa shape index (κ3) is 6.15. The predicted octanol–water partition coefficient (Wildman–Crippen LogP) is 2.55. The maximum Gasteiger partial charge on any atom is 0.338 e. The number of carbonyl (C=O) groups is 2. The van der Waals surface area contributed by atoms with Crippen LogP contribution in [0.5, 0.6) is 5.75 Å². The fourth-order valence-corrected chi connectivity index (χ4v) is 4.29. The molecular formula is C26H32N4O4. The molecule has 0 bridgehead atoms. The number of nitrogens with zero attached hydrogens (tertiary/aromatic N) is 2. The molecule has 2 aliphatic heterocycles. The third-order valence-corrected chi connectivity index (χ3v) is 6.05. The molecule has 2 aromatic rings. The SMILES string of the molecule is CCOC(=O)C1=C(CN2CCN(CCOc3ccccc3)CC2)NC(=O)NC1c1ccccc1. The maximum atomic E-state index is 12.9. The van der Waals surface area contributed by atoms with Crippen molar-refractivity contribution in [3.8, 4) is 5.75 Å². The minimum absolute atomic E-state index is 0.273. The summed E-state index contributed by atoms with van der Waals surface area (Å²) in [7, 11) is 0. The van der Waals surface area contributed by atoms with Gasteiger partial charge in [-0.15, -0.1) is 0 Å². The Kier molecular flexibility index (Phi) is 8.17. The molecule has 1 saturated heterocycles. The molecule has 8 nitrogen and oxygen atoms in total. The fraction of sp³-hybridized carbons (Fsp3) is 0.385. The van der Waals surface area contributed by atoms with Crippen LogP contribution in [-0.2, 0) is 9.53 Å². The van der Waals surface area contributed by atoms with Gasteiger partial charge in [-0.05, 0) is 24.6 Å². The fourth-order valence-electron chi connectivity index (χ4n) is 4.29. The molecule has 1 unspecified atom stereocenters. The van der Waals surface area contributed by atoms with Crippen LogP contribution in [0.4, 0.5) is 4.79 Å². The predicted molar refractivity (Wildman–Crippen MR) is 129 cm³/mol. The van der Waals surface area contributed by atoms with Crippen LogP contribution in [0.3, 0.4) is 0 Å². The third-order valence-electron chi connectivity index (χ3n) is 6.05. The van der Waals surface area contributed by atoms with Crippen LogP contribution in [-0.4, -0.2) is 74.3 Å². The summed E-state index contributed by atoms with van der Waals surface area (Å²) in [6, 6.07) is 18.5. The quantitative estimate of drug-likeness (QED) is 0.555. The Labute approximate surface area is 200 Å². The zero-order chi connectivity index (χ0) is 23.8. The summed E-state index contributed by atoms with van der Waals surface area (Å²) < 4.78 is 11.2. The molecule has 0 aliphatic carbocycles. The number of urea groups is 1. The average molecular weight is 465 g/mol. The number of nitrogens with one attached hydrogen (secondary N) is 2. The van der Waals surface area contributed by atoms with E-state index in [-0.39, 0.29) is 12.6 Å². The van der Waals surface area contributed by atoms with Gasteiger partial charge in [-0.2, -0.15) is 0 Å². The summed E-state index contributed by atoms with van der Waals surface area (Å²) in [4.78, 5) is 30.0. The monoisotopic (exact) mass is 464 g/mol. The van der Waals surface area contributed by atoms with E-state index in [0.29, 0.717) is 24.4 Å². The second-order valence-electron chi connectivity index (χ2n) is 8.33. The molecule has 0 saturated carbocycles. The summed E-state index contributed by atoms with van der Waals surface area (Å²) in [5.74, 6) is 0.477. The van der Waals surface area contributed by atoms with Gasteiger partial charge in [0.2, 0.25) is 0 Å². The Bertz CT molecular complexity index is 988. The average Bonchev–Trinajstić information content (AvgIpc) is 2.86. The van der Waals surface area contributed by atoms with Crippen molar-refractivity contribution in [3.05, 3.63) is 77.5 Å². The molecule has 2 heterocycles. The molecule has 34 heavy (non-hydrogen) atoms. The van der Waals surface area contributed by atoms with E-state index >= 15 is 0 Å². The van der Waals surface area contributed by atoms with Gasteiger partial charge in [-0.3, -0.25) is 9.80 Å². The second-order valence-corrected chi connectivity index (χ2v) is 8.33. The number of hydrogen-bond acceptors (Lipinski definition) is 6. The van der Waals surface area contributed by atoms with Gasteiger partial charge >= 0.3 is 12.0 Å². The van der Waals surface area contributed by atoms with Crippen molar-refractivity contribution in [1.29, 1.82) is 0 Å². The lowest BCUT2D eigenvalue weighted by Gasteiger charge is -2.37. The van der Waals surface area contributed by atoms with Crippen LogP contribution in [0.25, 0.3) is 0 Å². The molecule has 2 amide bonds. The number of ether oxygens (including phenoxy) is 2. The van der Waals surface area contributed by atoms with Crippen molar-refractivity contribution in [1.82, 2.24) is 20.4 Å². The number of rotatable bonds is 9. The standard InChI is InChI=1S/C26H32N4O4/c1-2-33-25(31)23-22(27-26(32)28-24(23)20-9-5-3-6-10-20)19-30-15-13-29(14-16-30)17-18-34-21-11-7-4-8-12-21/h3-12,24H,2,13-19H2,1H3,(H2,27,28,32). The minimum Gasteiger partial charge on any atom is -0.492 e. The van der Waals surface area contributed by atoms with Crippen LogP contribution in [0.2, 0.25) is 0 Å². The van der Waals surface area contributed by atoms with Gasteiger partial charge in [0.15, 0.2) is 0 Å². The van der Waals surface area contributed by atoms with E-state index in [1.54, 1.807) is 6.92 Å².